The van der Waals surface area contributed by atoms with Gasteiger partial charge in [0.2, 0.25) is 0 Å². The van der Waals surface area contributed by atoms with Crippen LogP contribution >= 0.6 is 0 Å². The first-order valence-corrected chi connectivity index (χ1v) is 13.8. The van der Waals surface area contributed by atoms with Crippen LogP contribution in [0.25, 0.3) is 0 Å². The molecule has 0 bridgehead atoms. The molecule has 2 fully saturated rings. The van der Waals surface area contributed by atoms with Gasteiger partial charge in [0.05, 0.1) is 0 Å². The van der Waals surface area contributed by atoms with Crippen molar-refractivity contribution >= 4 is 23.4 Å². The Kier molecular flexibility index (Phi) is 10.5. The summed E-state index contributed by atoms with van der Waals surface area (Å²) in [6, 6.07) is 14.2. The van der Waals surface area contributed by atoms with Gasteiger partial charge in [-0.3, -0.25) is 0 Å². The van der Waals surface area contributed by atoms with Gasteiger partial charge in [-0.25, -0.2) is 9.59 Å². The summed E-state index contributed by atoms with van der Waals surface area (Å²) < 4.78 is 11.3. The summed E-state index contributed by atoms with van der Waals surface area (Å²) in [5.74, 6) is 1.17. The van der Waals surface area contributed by atoms with Gasteiger partial charge in [-0.1, -0.05) is 38.5 Å². The lowest BCUT2D eigenvalue weighted by Crippen LogP contribution is -2.38. The molecule has 4 rings (SSSR count). The van der Waals surface area contributed by atoms with E-state index < -0.39 is 6.10 Å². The number of hydrogen-bond acceptors (Lipinski definition) is 5. The molecule has 2 aromatic carbocycles. The van der Waals surface area contributed by atoms with Crippen LogP contribution in [-0.2, 0) is 0 Å². The first kappa shape index (κ1) is 27.6. The van der Waals surface area contributed by atoms with Crippen LogP contribution in [0.3, 0.4) is 0 Å². The average molecular weight is 525 g/mol. The molecule has 0 unspecified atom stereocenters. The van der Waals surface area contributed by atoms with Crippen LogP contribution in [0.1, 0.15) is 64.2 Å². The standard InChI is InChI=1S/C29H40N4O5/c34-25(19-37-26-15-11-23(12-16-26)32-28(35)30-21-7-3-1-4-8-21)20-38-27-17-13-24(14-18-27)33-29(36)31-22-9-5-2-6-10-22/h11-18,21-22,25,34H,1-10,19-20H2,(H2,30,32,35)(H2,31,33,36). The number of benzene rings is 2. The summed E-state index contributed by atoms with van der Waals surface area (Å²) in [7, 11) is 0. The van der Waals surface area contributed by atoms with Crippen LogP contribution in [-0.4, -0.2) is 48.6 Å². The van der Waals surface area contributed by atoms with E-state index >= 15 is 0 Å². The number of nitrogens with one attached hydrogen (secondary N) is 4. The zero-order valence-corrected chi connectivity index (χ0v) is 21.9. The van der Waals surface area contributed by atoms with Crippen molar-refractivity contribution < 1.29 is 24.2 Å². The molecule has 0 heterocycles. The molecule has 2 aliphatic rings. The van der Waals surface area contributed by atoms with E-state index in [1.165, 1.54) is 12.8 Å². The van der Waals surface area contributed by atoms with Crippen molar-refractivity contribution in [3.8, 4) is 11.5 Å². The van der Waals surface area contributed by atoms with E-state index in [2.05, 4.69) is 21.3 Å². The monoisotopic (exact) mass is 524 g/mol. The zero-order valence-electron chi connectivity index (χ0n) is 21.9. The fraction of sp³-hybridized carbons (Fsp3) is 0.517. The van der Waals surface area contributed by atoms with Gasteiger partial charge in [-0.2, -0.15) is 0 Å². The molecule has 5 N–H and O–H groups in total. The Morgan fingerprint density at radius 3 is 1.39 bits per heavy atom. The summed E-state index contributed by atoms with van der Waals surface area (Å²) >= 11 is 0. The number of carbonyl (C=O) groups excluding carboxylic acids is 2. The molecule has 9 heteroatoms. The van der Waals surface area contributed by atoms with Crippen molar-refractivity contribution in [1.82, 2.24) is 10.6 Å². The van der Waals surface area contributed by atoms with Gasteiger partial charge in [0, 0.05) is 23.5 Å². The van der Waals surface area contributed by atoms with Crippen molar-refractivity contribution in [1.29, 1.82) is 0 Å². The van der Waals surface area contributed by atoms with Crippen molar-refractivity contribution in [3.05, 3.63) is 48.5 Å². The lowest BCUT2D eigenvalue weighted by molar-refractivity contribution is 0.0626. The predicted octanol–water partition coefficient (Wildman–Crippen LogP) is 5.41. The molecular formula is C29H40N4O5. The second-order valence-electron chi connectivity index (χ2n) is 10.2. The number of aliphatic hydroxyl groups is 1. The largest absolute Gasteiger partial charge is 0.491 e. The molecule has 206 valence electrons. The maximum atomic E-state index is 12.2. The molecular weight excluding hydrogens is 484 g/mol. The Balaban J connectivity index is 1.11. The number of urea groups is 2. The highest BCUT2D eigenvalue weighted by atomic mass is 16.5. The van der Waals surface area contributed by atoms with E-state index in [1.54, 1.807) is 48.5 Å². The van der Waals surface area contributed by atoms with Crippen LogP contribution < -0.4 is 30.7 Å². The Hall–Kier alpha value is -3.46. The summed E-state index contributed by atoms with van der Waals surface area (Å²) in [5, 5.41) is 22.0. The van der Waals surface area contributed by atoms with Crippen molar-refractivity contribution in [2.45, 2.75) is 82.4 Å². The number of ether oxygens (including phenoxy) is 2. The van der Waals surface area contributed by atoms with Gasteiger partial charge >= 0.3 is 12.1 Å². The lowest BCUT2D eigenvalue weighted by Gasteiger charge is -2.22. The van der Waals surface area contributed by atoms with E-state index in [4.69, 9.17) is 9.47 Å². The zero-order chi connectivity index (χ0) is 26.6. The van der Waals surface area contributed by atoms with Gasteiger partial charge < -0.3 is 35.8 Å². The third kappa shape index (κ3) is 9.45. The fourth-order valence-electron chi connectivity index (χ4n) is 4.90. The molecule has 4 amide bonds. The summed E-state index contributed by atoms with van der Waals surface area (Å²) in [6.45, 7) is 0.131. The van der Waals surface area contributed by atoms with Crippen molar-refractivity contribution in [2.75, 3.05) is 23.8 Å². The predicted molar refractivity (Wildman–Crippen MR) is 148 cm³/mol. The van der Waals surface area contributed by atoms with Gasteiger partial charge in [-0.15, -0.1) is 0 Å². The summed E-state index contributed by atoms with van der Waals surface area (Å²) in [5.41, 5.74) is 1.36. The van der Waals surface area contributed by atoms with Crippen molar-refractivity contribution in [2.24, 2.45) is 0 Å². The number of carbonyl (C=O) groups is 2. The second kappa shape index (κ2) is 14.5. The van der Waals surface area contributed by atoms with Crippen LogP contribution in [0, 0.1) is 0 Å². The van der Waals surface area contributed by atoms with Crippen LogP contribution in [0.5, 0.6) is 11.5 Å². The Labute approximate surface area is 224 Å². The third-order valence-electron chi connectivity index (χ3n) is 6.99. The minimum absolute atomic E-state index is 0.0654. The van der Waals surface area contributed by atoms with E-state index in [1.807, 2.05) is 0 Å². The molecule has 0 radical (unpaired) electrons. The van der Waals surface area contributed by atoms with Gasteiger partial charge in [0.25, 0.3) is 0 Å². The summed E-state index contributed by atoms with van der Waals surface area (Å²) in [6.07, 6.45) is 10.5. The lowest BCUT2D eigenvalue weighted by atomic mass is 9.96. The van der Waals surface area contributed by atoms with E-state index in [0.717, 1.165) is 51.4 Å². The highest BCUT2D eigenvalue weighted by molar-refractivity contribution is 5.90. The van der Waals surface area contributed by atoms with Crippen LogP contribution in [0.4, 0.5) is 21.0 Å². The normalized spacial score (nSPS) is 16.5. The molecule has 0 spiro atoms. The fourth-order valence-corrected chi connectivity index (χ4v) is 4.90. The maximum Gasteiger partial charge on any atom is 0.319 e. The topological polar surface area (TPSA) is 121 Å². The molecule has 9 nitrogen and oxygen atoms in total. The first-order chi connectivity index (χ1) is 18.5. The number of aliphatic hydroxyl groups excluding tert-OH is 1. The van der Waals surface area contributed by atoms with Crippen LogP contribution in [0.15, 0.2) is 48.5 Å². The first-order valence-electron chi connectivity index (χ1n) is 13.8. The third-order valence-corrected chi connectivity index (χ3v) is 6.99. The van der Waals surface area contributed by atoms with Crippen molar-refractivity contribution in [3.63, 3.8) is 0 Å². The minimum Gasteiger partial charge on any atom is -0.491 e. The Morgan fingerprint density at radius 2 is 1.03 bits per heavy atom. The molecule has 0 atom stereocenters. The Morgan fingerprint density at radius 1 is 0.658 bits per heavy atom. The van der Waals surface area contributed by atoms with E-state index in [-0.39, 0.29) is 37.4 Å². The molecule has 2 aromatic rings. The Bertz CT molecular complexity index is 921. The van der Waals surface area contributed by atoms with Gasteiger partial charge in [0.15, 0.2) is 0 Å². The summed E-state index contributed by atoms with van der Waals surface area (Å²) in [4.78, 5) is 24.4. The van der Waals surface area contributed by atoms with Crippen LogP contribution in [0.2, 0.25) is 0 Å². The highest BCUT2D eigenvalue weighted by Gasteiger charge is 2.17. The molecule has 2 aliphatic carbocycles. The molecule has 0 aliphatic heterocycles. The number of anilines is 2. The number of amides is 4. The number of rotatable bonds is 10. The average Bonchev–Trinajstić information content (AvgIpc) is 2.93. The molecule has 0 aromatic heterocycles. The van der Waals surface area contributed by atoms with Gasteiger partial charge in [0.1, 0.15) is 30.8 Å². The highest BCUT2D eigenvalue weighted by Crippen LogP contribution is 2.20. The SMILES string of the molecule is O=C(Nc1ccc(OCC(O)COc2ccc(NC(=O)NC3CCCCC3)cc2)cc1)NC1CCCCC1. The van der Waals surface area contributed by atoms with E-state index in [0.29, 0.717) is 22.9 Å². The number of hydrogen-bond donors (Lipinski definition) is 5. The molecule has 2 saturated carbocycles. The smallest absolute Gasteiger partial charge is 0.319 e. The second-order valence-corrected chi connectivity index (χ2v) is 10.2. The van der Waals surface area contributed by atoms with Gasteiger partial charge in [-0.05, 0) is 74.2 Å². The minimum atomic E-state index is -0.826. The molecule has 38 heavy (non-hydrogen) atoms. The van der Waals surface area contributed by atoms with E-state index in [9.17, 15) is 14.7 Å². The quantitative estimate of drug-likeness (QED) is 0.284. The maximum absolute atomic E-state index is 12.2. The molecule has 0 saturated heterocycles.